The number of rotatable bonds is 6. The fourth-order valence-electron chi connectivity index (χ4n) is 3.34. The average Bonchev–Trinajstić information content (AvgIpc) is 2.68. The highest BCUT2D eigenvalue weighted by Crippen LogP contribution is 2.40. The maximum atomic E-state index is 12.3. The predicted octanol–water partition coefficient (Wildman–Crippen LogP) is 3.49. The van der Waals surface area contributed by atoms with Crippen LogP contribution in [0.25, 0.3) is 0 Å². The topological polar surface area (TPSA) is 51.2 Å². The Labute approximate surface area is 116 Å². The summed E-state index contributed by atoms with van der Waals surface area (Å²) in [6.45, 7) is 5.54. The summed E-state index contributed by atoms with van der Waals surface area (Å²) in [5.41, 5.74) is -0.785. The predicted molar refractivity (Wildman–Crippen MR) is 74.9 cm³/mol. The van der Waals surface area contributed by atoms with Crippen molar-refractivity contribution in [3.8, 4) is 0 Å². The molecule has 0 N–H and O–H groups in total. The van der Waals surface area contributed by atoms with E-state index in [4.69, 9.17) is 0 Å². The molecule has 1 atom stereocenters. The number of carbonyl (C=O) groups is 3. The molecule has 1 rings (SSSR count). The van der Waals surface area contributed by atoms with Gasteiger partial charge in [0.15, 0.2) is 0 Å². The molecule has 0 aliphatic heterocycles. The largest absolute Gasteiger partial charge is 0.299 e. The van der Waals surface area contributed by atoms with Crippen LogP contribution in [0.1, 0.15) is 72.1 Å². The van der Waals surface area contributed by atoms with Gasteiger partial charge in [-0.05, 0) is 25.7 Å². The average molecular weight is 266 g/mol. The van der Waals surface area contributed by atoms with Gasteiger partial charge in [-0.15, -0.1) is 0 Å². The molecule has 1 unspecified atom stereocenters. The molecular weight excluding hydrogens is 240 g/mol. The van der Waals surface area contributed by atoms with E-state index in [1.165, 1.54) is 0 Å². The summed E-state index contributed by atoms with van der Waals surface area (Å²) in [5.74, 6) is 0.484. The summed E-state index contributed by atoms with van der Waals surface area (Å²) in [4.78, 5) is 36.4. The second-order valence-electron chi connectivity index (χ2n) is 5.58. The third kappa shape index (κ3) is 3.31. The molecule has 1 aliphatic rings. The zero-order chi connectivity index (χ0) is 14.5. The van der Waals surface area contributed by atoms with Crippen molar-refractivity contribution in [3.63, 3.8) is 0 Å². The van der Waals surface area contributed by atoms with Crippen LogP contribution in [0.3, 0.4) is 0 Å². The first kappa shape index (κ1) is 16.1. The van der Waals surface area contributed by atoms with Crippen LogP contribution in [-0.2, 0) is 14.4 Å². The zero-order valence-corrected chi connectivity index (χ0v) is 12.5. The quantitative estimate of drug-likeness (QED) is 0.546. The summed E-state index contributed by atoms with van der Waals surface area (Å²) < 4.78 is 0. The molecule has 0 aromatic rings. The van der Waals surface area contributed by atoms with Crippen LogP contribution >= 0.6 is 0 Å². The van der Waals surface area contributed by atoms with Gasteiger partial charge in [-0.3, -0.25) is 14.4 Å². The minimum Gasteiger partial charge on any atom is -0.299 e. The van der Waals surface area contributed by atoms with E-state index in [2.05, 4.69) is 0 Å². The van der Waals surface area contributed by atoms with Crippen molar-refractivity contribution in [2.24, 2.45) is 11.3 Å². The molecular formula is C16H26O3. The van der Waals surface area contributed by atoms with Crippen molar-refractivity contribution in [1.82, 2.24) is 0 Å². The van der Waals surface area contributed by atoms with E-state index >= 15 is 0 Å². The third-order valence-electron chi connectivity index (χ3n) is 4.59. The highest BCUT2D eigenvalue weighted by molar-refractivity contribution is 6.06. The molecule has 0 heterocycles. The van der Waals surface area contributed by atoms with Gasteiger partial charge in [-0.1, -0.05) is 27.2 Å². The highest BCUT2D eigenvalue weighted by atomic mass is 16.2. The van der Waals surface area contributed by atoms with E-state index in [1.807, 2.05) is 20.8 Å². The fraction of sp³-hybridized carbons (Fsp3) is 0.812. The van der Waals surface area contributed by atoms with Gasteiger partial charge in [0.1, 0.15) is 17.3 Å². The molecule has 1 fully saturated rings. The molecule has 0 radical (unpaired) electrons. The summed E-state index contributed by atoms with van der Waals surface area (Å²) in [6, 6.07) is 0. The van der Waals surface area contributed by atoms with Crippen LogP contribution in [0.5, 0.6) is 0 Å². The Bertz CT molecular complexity index is 341. The smallest absolute Gasteiger partial charge is 0.146 e. The van der Waals surface area contributed by atoms with Gasteiger partial charge in [0, 0.05) is 25.2 Å². The maximum absolute atomic E-state index is 12.3. The molecule has 1 aliphatic carbocycles. The Morgan fingerprint density at radius 1 is 0.895 bits per heavy atom. The molecule has 108 valence electrons. The summed E-state index contributed by atoms with van der Waals surface area (Å²) in [7, 11) is 0. The molecule has 1 saturated carbocycles. The standard InChI is InChI=1S/C16H26O3/c1-4-13(17)12-8-7-10-16(11-9-12,14(18)5-2)15(19)6-3/h12H,4-11H2,1-3H3. The van der Waals surface area contributed by atoms with E-state index in [-0.39, 0.29) is 23.3 Å². The van der Waals surface area contributed by atoms with Gasteiger partial charge in [0.2, 0.25) is 0 Å². The van der Waals surface area contributed by atoms with E-state index in [9.17, 15) is 14.4 Å². The first-order chi connectivity index (χ1) is 9.01. The van der Waals surface area contributed by atoms with Crippen LogP contribution in [0, 0.1) is 11.3 Å². The van der Waals surface area contributed by atoms with Crippen LogP contribution in [0.15, 0.2) is 0 Å². The lowest BCUT2D eigenvalue weighted by atomic mass is 9.71. The number of hydrogen-bond donors (Lipinski definition) is 0. The highest BCUT2D eigenvalue weighted by Gasteiger charge is 2.44. The number of ketones is 3. The molecule has 0 bridgehead atoms. The Kier molecular flexibility index (Phi) is 5.89. The summed E-state index contributed by atoms with van der Waals surface area (Å²) in [6.07, 6.45) is 4.94. The first-order valence-corrected chi connectivity index (χ1v) is 7.61. The van der Waals surface area contributed by atoms with Crippen molar-refractivity contribution in [2.75, 3.05) is 0 Å². The Hall–Kier alpha value is -0.990. The van der Waals surface area contributed by atoms with Crippen molar-refractivity contribution in [1.29, 1.82) is 0 Å². The molecule has 0 amide bonds. The minimum atomic E-state index is -0.785. The monoisotopic (exact) mass is 266 g/mol. The Balaban J connectivity index is 2.93. The molecule has 0 aromatic heterocycles. The molecule has 0 spiro atoms. The van der Waals surface area contributed by atoms with Gasteiger partial charge < -0.3 is 0 Å². The van der Waals surface area contributed by atoms with Crippen LogP contribution in [0.2, 0.25) is 0 Å². The van der Waals surface area contributed by atoms with Crippen molar-refractivity contribution < 1.29 is 14.4 Å². The third-order valence-corrected chi connectivity index (χ3v) is 4.59. The zero-order valence-electron chi connectivity index (χ0n) is 12.5. The lowest BCUT2D eigenvalue weighted by Crippen LogP contribution is -2.38. The van der Waals surface area contributed by atoms with E-state index in [0.717, 1.165) is 12.8 Å². The Morgan fingerprint density at radius 3 is 1.95 bits per heavy atom. The second-order valence-corrected chi connectivity index (χ2v) is 5.58. The van der Waals surface area contributed by atoms with Crippen LogP contribution in [0.4, 0.5) is 0 Å². The van der Waals surface area contributed by atoms with E-state index in [1.54, 1.807) is 0 Å². The van der Waals surface area contributed by atoms with E-state index in [0.29, 0.717) is 38.5 Å². The lowest BCUT2D eigenvalue weighted by molar-refractivity contribution is -0.142. The molecule has 0 saturated heterocycles. The minimum absolute atomic E-state index is 0.0567. The SMILES string of the molecule is CCC(=O)C1CCCC(C(=O)CC)(C(=O)CC)CC1. The lowest BCUT2D eigenvalue weighted by Gasteiger charge is -2.29. The number of Topliss-reactive ketones (excluding diaryl/α,β-unsaturated/α-hetero) is 3. The normalized spacial score (nSPS) is 22.6. The van der Waals surface area contributed by atoms with E-state index < -0.39 is 5.41 Å². The maximum Gasteiger partial charge on any atom is 0.146 e. The molecule has 0 aromatic carbocycles. The molecule has 3 heteroatoms. The number of hydrogen-bond acceptors (Lipinski definition) is 3. The number of carbonyl (C=O) groups excluding carboxylic acids is 3. The fourth-order valence-corrected chi connectivity index (χ4v) is 3.34. The van der Waals surface area contributed by atoms with Crippen molar-refractivity contribution >= 4 is 17.3 Å². The molecule has 3 nitrogen and oxygen atoms in total. The van der Waals surface area contributed by atoms with Gasteiger partial charge >= 0.3 is 0 Å². The summed E-state index contributed by atoms with van der Waals surface area (Å²) in [5, 5.41) is 0. The summed E-state index contributed by atoms with van der Waals surface area (Å²) >= 11 is 0. The van der Waals surface area contributed by atoms with Crippen LogP contribution in [-0.4, -0.2) is 17.3 Å². The van der Waals surface area contributed by atoms with Gasteiger partial charge in [-0.25, -0.2) is 0 Å². The first-order valence-electron chi connectivity index (χ1n) is 7.61. The van der Waals surface area contributed by atoms with Crippen molar-refractivity contribution in [3.05, 3.63) is 0 Å². The second kappa shape index (κ2) is 6.97. The van der Waals surface area contributed by atoms with Crippen molar-refractivity contribution in [2.45, 2.75) is 72.1 Å². The van der Waals surface area contributed by atoms with Gasteiger partial charge in [0.05, 0.1) is 5.41 Å². The van der Waals surface area contributed by atoms with Crippen LogP contribution < -0.4 is 0 Å². The molecule has 19 heavy (non-hydrogen) atoms. The Morgan fingerprint density at radius 2 is 1.47 bits per heavy atom. The van der Waals surface area contributed by atoms with Gasteiger partial charge in [-0.2, -0.15) is 0 Å². The van der Waals surface area contributed by atoms with Gasteiger partial charge in [0.25, 0.3) is 0 Å².